The maximum absolute atomic E-state index is 13.0. The first kappa shape index (κ1) is 15.9. The number of benzene rings is 1. The summed E-state index contributed by atoms with van der Waals surface area (Å²) in [5, 5.41) is 3.42. The van der Waals surface area contributed by atoms with Gasteiger partial charge in [-0.05, 0) is 36.8 Å². The maximum atomic E-state index is 13.0. The predicted molar refractivity (Wildman–Crippen MR) is 79.0 cm³/mol. The predicted octanol–water partition coefficient (Wildman–Crippen LogP) is 4.88. The molecule has 0 saturated heterocycles. The summed E-state index contributed by atoms with van der Waals surface area (Å²) in [5.41, 5.74) is 0.779. The second-order valence-corrected chi connectivity index (χ2v) is 6.43. The fraction of sp³-hybridized carbons (Fsp3) is 0.625. The van der Waals surface area contributed by atoms with Crippen LogP contribution in [0.1, 0.15) is 40.5 Å². The van der Waals surface area contributed by atoms with Crippen molar-refractivity contribution in [2.75, 3.05) is 5.32 Å². The smallest absolute Gasteiger partial charge is 0.395 e. The Bertz CT molecular complexity index is 479. The summed E-state index contributed by atoms with van der Waals surface area (Å²) < 4.78 is 34.9. The summed E-state index contributed by atoms with van der Waals surface area (Å²) in [6.07, 6.45) is -1.50. The third-order valence-electron chi connectivity index (χ3n) is 3.28. The van der Waals surface area contributed by atoms with Crippen LogP contribution in [0.2, 0.25) is 0 Å². The van der Waals surface area contributed by atoms with Crippen molar-refractivity contribution in [2.24, 2.45) is 11.8 Å². The Morgan fingerprint density at radius 2 is 1.57 bits per heavy atom. The molecular weight excluding hydrogens is 276 g/mol. The zero-order chi connectivity index (χ0) is 15.6. The molecule has 5 heteroatoms. The summed E-state index contributed by atoms with van der Waals surface area (Å²) in [4.78, 5) is 0. The van der Waals surface area contributed by atoms with Gasteiger partial charge in [0.05, 0.1) is 0 Å². The van der Waals surface area contributed by atoms with Gasteiger partial charge in [-0.2, -0.15) is 0 Å². The quantitative estimate of drug-likeness (QED) is 0.812. The van der Waals surface area contributed by atoms with Crippen LogP contribution in [0.4, 0.5) is 14.5 Å². The number of halogens is 2. The number of alkyl halides is 2. The van der Waals surface area contributed by atoms with Crippen LogP contribution in [0.25, 0.3) is 0 Å². The molecule has 1 aliphatic heterocycles. The number of rotatable bonds is 6. The minimum absolute atomic E-state index is 0.0785. The van der Waals surface area contributed by atoms with E-state index < -0.39 is 6.29 Å². The van der Waals surface area contributed by atoms with Gasteiger partial charge in [-0.1, -0.05) is 27.7 Å². The van der Waals surface area contributed by atoms with E-state index in [1.54, 1.807) is 12.1 Å². The summed E-state index contributed by atoms with van der Waals surface area (Å²) in [6, 6.07) is 5.15. The molecule has 0 spiro atoms. The average Bonchev–Trinajstić information content (AvgIpc) is 2.60. The van der Waals surface area contributed by atoms with E-state index in [0.717, 1.165) is 18.5 Å². The van der Waals surface area contributed by atoms with Gasteiger partial charge in [-0.15, -0.1) is 8.78 Å². The summed E-state index contributed by atoms with van der Waals surface area (Å²) in [6.45, 7) is 8.70. The highest BCUT2D eigenvalue weighted by atomic mass is 19.3. The van der Waals surface area contributed by atoms with Crippen LogP contribution < -0.4 is 14.8 Å². The Morgan fingerprint density at radius 3 is 2.14 bits per heavy atom. The van der Waals surface area contributed by atoms with Gasteiger partial charge < -0.3 is 14.8 Å². The second-order valence-electron chi connectivity index (χ2n) is 6.43. The fourth-order valence-corrected chi connectivity index (χ4v) is 2.63. The van der Waals surface area contributed by atoms with Crippen molar-refractivity contribution in [3.05, 3.63) is 18.2 Å². The Kier molecular flexibility index (Phi) is 4.59. The number of nitrogens with one attached hydrogen (secondary N) is 1. The van der Waals surface area contributed by atoms with Crippen LogP contribution in [-0.2, 0) is 0 Å². The molecule has 1 aliphatic rings. The van der Waals surface area contributed by atoms with Gasteiger partial charge in [-0.3, -0.25) is 0 Å². The first-order chi connectivity index (χ1) is 9.75. The standard InChI is InChI=1S/C16H23F2NO2/c1-10(2)7-13(8-11(3)4)19-12-5-6-14-15(9-12)21-16(17,18)20-14/h5-6,9-11,13,19H,7-8H2,1-4H3. The van der Waals surface area contributed by atoms with E-state index >= 15 is 0 Å². The van der Waals surface area contributed by atoms with Crippen LogP contribution in [-0.4, -0.2) is 12.3 Å². The SMILES string of the molecule is CC(C)CC(CC(C)C)Nc1ccc2c(c1)OC(F)(F)O2. The molecule has 0 fully saturated rings. The van der Waals surface area contributed by atoms with E-state index in [2.05, 4.69) is 42.5 Å². The van der Waals surface area contributed by atoms with Crippen LogP contribution in [0.3, 0.4) is 0 Å². The third-order valence-corrected chi connectivity index (χ3v) is 3.28. The molecule has 0 unspecified atom stereocenters. The van der Waals surface area contributed by atoms with Crippen molar-refractivity contribution >= 4 is 5.69 Å². The molecule has 21 heavy (non-hydrogen) atoms. The Labute approximate surface area is 124 Å². The van der Waals surface area contributed by atoms with Crippen LogP contribution in [0.5, 0.6) is 11.5 Å². The third kappa shape index (κ3) is 4.48. The van der Waals surface area contributed by atoms with Crippen LogP contribution >= 0.6 is 0 Å². The van der Waals surface area contributed by atoms with Crippen LogP contribution in [0.15, 0.2) is 18.2 Å². The van der Waals surface area contributed by atoms with Gasteiger partial charge in [0, 0.05) is 17.8 Å². The summed E-state index contributed by atoms with van der Waals surface area (Å²) in [7, 11) is 0. The Hall–Kier alpha value is -1.52. The molecule has 118 valence electrons. The number of hydrogen-bond donors (Lipinski definition) is 1. The van der Waals surface area contributed by atoms with Gasteiger partial charge in [-0.25, -0.2) is 0 Å². The normalized spacial score (nSPS) is 16.0. The topological polar surface area (TPSA) is 30.5 Å². The highest BCUT2D eigenvalue weighted by Crippen LogP contribution is 2.42. The van der Waals surface area contributed by atoms with E-state index in [4.69, 9.17) is 0 Å². The molecule has 1 aromatic rings. The van der Waals surface area contributed by atoms with Crippen molar-refractivity contribution in [1.29, 1.82) is 0 Å². The lowest BCUT2D eigenvalue weighted by Gasteiger charge is -2.23. The minimum atomic E-state index is -3.56. The van der Waals surface area contributed by atoms with Gasteiger partial charge in [0.25, 0.3) is 0 Å². The highest BCUT2D eigenvalue weighted by molar-refractivity contribution is 5.56. The monoisotopic (exact) mass is 299 g/mol. The van der Waals surface area contributed by atoms with E-state index in [9.17, 15) is 8.78 Å². The second kappa shape index (κ2) is 6.08. The summed E-state index contributed by atoms with van der Waals surface area (Å²) in [5.74, 6) is 1.30. The molecule has 0 amide bonds. The highest BCUT2D eigenvalue weighted by Gasteiger charge is 2.43. The zero-order valence-corrected chi connectivity index (χ0v) is 13.0. The number of anilines is 1. The van der Waals surface area contributed by atoms with E-state index in [1.807, 2.05) is 0 Å². The molecule has 0 bridgehead atoms. The zero-order valence-electron chi connectivity index (χ0n) is 13.0. The lowest BCUT2D eigenvalue weighted by atomic mass is 9.95. The lowest BCUT2D eigenvalue weighted by Crippen LogP contribution is -2.26. The van der Waals surface area contributed by atoms with E-state index in [-0.39, 0.29) is 11.5 Å². The van der Waals surface area contributed by atoms with E-state index in [1.165, 1.54) is 6.07 Å². The first-order valence-electron chi connectivity index (χ1n) is 7.41. The Balaban J connectivity index is 2.08. The number of fused-ring (bicyclic) bond motifs is 1. The molecule has 1 N–H and O–H groups in total. The van der Waals surface area contributed by atoms with Gasteiger partial charge >= 0.3 is 6.29 Å². The fourth-order valence-electron chi connectivity index (χ4n) is 2.63. The lowest BCUT2D eigenvalue weighted by molar-refractivity contribution is -0.286. The van der Waals surface area contributed by atoms with Gasteiger partial charge in [0.1, 0.15) is 0 Å². The molecule has 1 heterocycles. The van der Waals surface area contributed by atoms with Crippen molar-refractivity contribution in [3.63, 3.8) is 0 Å². The van der Waals surface area contributed by atoms with Gasteiger partial charge in [0.2, 0.25) is 0 Å². The summed E-state index contributed by atoms with van der Waals surface area (Å²) >= 11 is 0. The van der Waals surface area contributed by atoms with Gasteiger partial charge in [0.15, 0.2) is 11.5 Å². The van der Waals surface area contributed by atoms with Crippen molar-refractivity contribution in [2.45, 2.75) is 52.9 Å². The molecule has 1 aromatic carbocycles. The molecule has 2 rings (SSSR count). The average molecular weight is 299 g/mol. The van der Waals surface area contributed by atoms with Crippen molar-refractivity contribution in [3.8, 4) is 11.5 Å². The number of ether oxygens (including phenoxy) is 2. The van der Waals surface area contributed by atoms with E-state index in [0.29, 0.717) is 17.9 Å². The molecular formula is C16H23F2NO2. The molecule has 0 atom stereocenters. The molecule has 0 radical (unpaired) electrons. The van der Waals surface area contributed by atoms with Crippen molar-refractivity contribution in [1.82, 2.24) is 0 Å². The Morgan fingerprint density at radius 1 is 1.00 bits per heavy atom. The number of hydrogen-bond acceptors (Lipinski definition) is 3. The maximum Gasteiger partial charge on any atom is 0.586 e. The molecule has 0 saturated carbocycles. The minimum Gasteiger partial charge on any atom is -0.395 e. The molecule has 0 aliphatic carbocycles. The first-order valence-corrected chi connectivity index (χ1v) is 7.41. The largest absolute Gasteiger partial charge is 0.586 e. The molecule has 0 aromatic heterocycles. The molecule has 3 nitrogen and oxygen atoms in total. The van der Waals surface area contributed by atoms with Crippen molar-refractivity contribution < 1.29 is 18.3 Å². The van der Waals surface area contributed by atoms with Crippen LogP contribution in [0, 0.1) is 11.8 Å².